The second-order valence-electron chi connectivity index (χ2n) is 8.59. The zero-order chi connectivity index (χ0) is 21.3. The summed E-state index contributed by atoms with van der Waals surface area (Å²) in [5.41, 5.74) is 3.41. The Morgan fingerprint density at radius 3 is 2.37 bits per heavy atom. The first kappa shape index (κ1) is 20.3. The summed E-state index contributed by atoms with van der Waals surface area (Å²) in [4.78, 5) is 38.3. The molecule has 2 bridgehead atoms. The van der Waals surface area contributed by atoms with E-state index in [1.54, 1.807) is 12.1 Å². The molecule has 2 aromatic carbocycles. The van der Waals surface area contributed by atoms with Gasteiger partial charge in [-0.2, -0.15) is 0 Å². The molecule has 5 heteroatoms. The minimum atomic E-state index is -0.453. The van der Waals surface area contributed by atoms with Gasteiger partial charge in [0.15, 0.2) is 12.4 Å². The van der Waals surface area contributed by atoms with Gasteiger partial charge in [-0.15, -0.1) is 0 Å². The molecular weight excluding hydrogens is 378 g/mol. The third-order valence-corrected chi connectivity index (χ3v) is 6.55. The maximum Gasteiger partial charge on any atom is 0.310 e. The van der Waals surface area contributed by atoms with Crippen LogP contribution in [0.4, 0.5) is 5.69 Å². The van der Waals surface area contributed by atoms with Gasteiger partial charge in [-0.05, 0) is 56.6 Å². The second-order valence-corrected chi connectivity index (χ2v) is 8.59. The van der Waals surface area contributed by atoms with E-state index in [2.05, 4.69) is 5.32 Å². The number of ether oxygens (including phenoxy) is 1. The molecule has 0 aromatic heterocycles. The predicted octanol–water partition coefficient (Wildman–Crippen LogP) is 4.33. The lowest BCUT2D eigenvalue weighted by atomic mass is 9.75. The van der Waals surface area contributed by atoms with Crippen molar-refractivity contribution in [2.75, 3.05) is 11.9 Å². The van der Waals surface area contributed by atoms with Crippen molar-refractivity contribution >= 4 is 23.3 Å². The summed E-state index contributed by atoms with van der Waals surface area (Å²) in [6.45, 7) is 3.57. The fraction of sp³-hybridized carbons (Fsp3) is 0.400. The summed E-state index contributed by atoms with van der Waals surface area (Å²) < 4.78 is 5.39. The molecule has 0 spiro atoms. The Kier molecular flexibility index (Phi) is 5.71. The highest BCUT2D eigenvalue weighted by molar-refractivity contribution is 6.01. The van der Waals surface area contributed by atoms with Crippen molar-refractivity contribution in [2.24, 2.45) is 23.7 Å². The lowest BCUT2D eigenvalue weighted by Gasteiger charge is -2.28. The number of hydrogen-bond acceptors (Lipinski definition) is 4. The molecule has 0 saturated heterocycles. The molecule has 2 saturated carbocycles. The van der Waals surface area contributed by atoms with E-state index in [-0.39, 0.29) is 36.1 Å². The Labute approximate surface area is 176 Å². The molecule has 2 fully saturated rings. The number of anilines is 1. The molecule has 1 N–H and O–H groups in total. The van der Waals surface area contributed by atoms with Crippen LogP contribution in [-0.2, 0) is 14.3 Å². The quantitative estimate of drug-likeness (QED) is 0.573. The first-order valence-corrected chi connectivity index (χ1v) is 10.6. The Balaban J connectivity index is 1.40. The Morgan fingerprint density at radius 1 is 0.967 bits per heavy atom. The molecule has 0 radical (unpaired) electrons. The largest absolute Gasteiger partial charge is 0.455 e. The van der Waals surface area contributed by atoms with Crippen molar-refractivity contribution in [1.82, 2.24) is 0 Å². The molecule has 5 nitrogen and oxygen atoms in total. The van der Waals surface area contributed by atoms with Crippen LogP contribution in [0, 0.1) is 37.5 Å². The van der Waals surface area contributed by atoms with E-state index in [4.69, 9.17) is 4.74 Å². The summed E-state index contributed by atoms with van der Waals surface area (Å²) >= 11 is 0. The Bertz CT molecular complexity index is 968. The van der Waals surface area contributed by atoms with Crippen molar-refractivity contribution in [3.8, 4) is 0 Å². The number of nitrogens with one attached hydrogen (secondary N) is 1. The number of benzene rings is 2. The summed E-state index contributed by atoms with van der Waals surface area (Å²) in [5.74, 6) is -1.18. The molecule has 2 aliphatic carbocycles. The van der Waals surface area contributed by atoms with Crippen LogP contribution < -0.4 is 5.32 Å². The standard InChI is InChI=1S/C25H27NO4/c1-15-8-11-20(16(2)12-15)26-21(27)14-30-25(29)23-19-10-9-18(13-19)22(23)24(28)17-6-4-3-5-7-17/h3-8,11-12,18-19,22-23H,9-10,13-14H2,1-2H3,(H,26,27)/t18-,19-,22+,23+/m0/s1. The number of Topliss-reactive ketones (excluding diaryl/α,β-unsaturated/α-hetero) is 1. The van der Waals surface area contributed by atoms with E-state index in [0.29, 0.717) is 11.3 Å². The van der Waals surface area contributed by atoms with Crippen molar-refractivity contribution in [3.63, 3.8) is 0 Å². The zero-order valence-electron chi connectivity index (χ0n) is 17.4. The van der Waals surface area contributed by atoms with E-state index < -0.39 is 11.9 Å². The van der Waals surface area contributed by atoms with E-state index in [9.17, 15) is 14.4 Å². The molecule has 2 aliphatic rings. The van der Waals surface area contributed by atoms with Crippen molar-refractivity contribution in [3.05, 3.63) is 65.2 Å². The van der Waals surface area contributed by atoms with E-state index in [0.717, 1.165) is 30.4 Å². The molecule has 2 aromatic rings. The first-order valence-electron chi connectivity index (χ1n) is 10.6. The van der Waals surface area contributed by atoms with E-state index in [1.165, 1.54) is 0 Å². The highest BCUT2D eigenvalue weighted by Gasteiger charge is 2.54. The van der Waals surface area contributed by atoms with E-state index in [1.807, 2.05) is 50.2 Å². The summed E-state index contributed by atoms with van der Waals surface area (Å²) in [6, 6.07) is 14.9. The van der Waals surface area contributed by atoms with Gasteiger partial charge in [-0.3, -0.25) is 14.4 Å². The van der Waals surface area contributed by atoms with Gasteiger partial charge in [0.2, 0.25) is 0 Å². The molecule has 4 atom stereocenters. The number of carbonyl (C=O) groups is 3. The number of esters is 1. The minimum absolute atomic E-state index is 0.0180. The zero-order valence-corrected chi connectivity index (χ0v) is 17.4. The lowest BCUT2D eigenvalue weighted by Crippen LogP contribution is -2.37. The number of amides is 1. The SMILES string of the molecule is Cc1ccc(NC(=O)COC(=O)[C@@H]2[C@H]3CC[C@@H](C3)[C@H]2C(=O)c2ccccc2)c(C)c1. The molecule has 4 rings (SSSR count). The number of hydrogen-bond donors (Lipinski definition) is 1. The van der Waals surface area contributed by atoms with Crippen molar-refractivity contribution in [2.45, 2.75) is 33.1 Å². The van der Waals surface area contributed by atoms with Gasteiger partial charge < -0.3 is 10.1 Å². The normalized spacial score (nSPS) is 24.5. The van der Waals surface area contributed by atoms with Crippen LogP contribution in [0.3, 0.4) is 0 Å². The van der Waals surface area contributed by atoms with Gasteiger partial charge >= 0.3 is 5.97 Å². The van der Waals surface area contributed by atoms with Crippen LogP contribution in [0.15, 0.2) is 48.5 Å². The van der Waals surface area contributed by atoms with Crippen molar-refractivity contribution < 1.29 is 19.1 Å². The van der Waals surface area contributed by atoms with Crippen LogP contribution >= 0.6 is 0 Å². The molecule has 156 valence electrons. The molecule has 0 unspecified atom stereocenters. The molecule has 0 heterocycles. The minimum Gasteiger partial charge on any atom is -0.455 e. The van der Waals surface area contributed by atoms with Gasteiger partial charge in [0.05, 0.1) is 5.92 Å². The highest BCUT2D eigenvalue weighted by Crippen LogP contribution is 2.53. The van der Waals surface area contributed by atoms with E-state index >= 15 is 0 Å². The summed E-state index contributed by atoms with van der Waals surface area (Å²) in [5, 5.41) is 2.79. The molecule has 30 heavy (non-hydrogen) atoms. The number of carbonyl (C=O) groups excluding carboxylic acids is 3. The van der Waals surface area contributed by atoms with Crippen LogP contribution in [0.5, 0.6) is 0 Å². The first-order chi connectivity index (χ1) is 14.4. The third kappa shape index (κ3) is 4.02. The van der Waals surface area contributed by atoms with Crippen LogP contribution in [0.25, 0.3) is 0 Å². The highest BCUT2D eigenvalue weighted by atomic mass is 16.5. The Hall–Kier alpha value is -2.95. The molecule has 1 amide bonds. The smallest absolute Gasteiger partial charge is 0.310 e. The maximum absolute atomic E-state index is 13.1. The van der Waals surface area contributed by atoms with Gasteiger partial charge in [0.25, 0.3) is 5.91 Å². The maximum atomic E-state index is 13.1. The second kappa shape index (κ2) is 8.42. The third-order valence-electron chi connectivity index (χ3n) is 6.55. The average Bonchev–Trinajstić information content (AvgIpc) is 3.36. The van der Waals surface area contributed by atoms with Crippen LogP contribution in [-0.4, -0.2) is 24.3 Å². The van der Waals surface area contributed by atoms with Gasteiger partial charge in [-0.25, -0.2) is 0 Å². The average molecular weight is 405 g/mol. The Morgan fingerprint density at radius 2 is 1.67 bits per heavy atom. The number of rotatable bonds is 6. The topological polar surface area (TPSA) is 72.5 Å². The monoisotopic (exact) mass is 405 g/mol. The van der Waals surface area contributed by atoms with Gasteiger partial charge in [0.1, 0.15) is 0 Å². The van der Waals surface area contributed by atoms with Crippen LogP contribution in [0.1, 0.15) is 40.7 Å². The fourth-order valence-corrected chi connectivity index (χ4v) is 5.18. The molecular formula is C25H27NO4. The molecule has 0 aliphatic heterocycles. The number of aryl methyl sites for hydroxylation is 2. The van der Waals surface area contributed by atoms with Gasteiger partial charge in [0, 0.05) is 17.2 Å². The number of ketones is 1. The lowest BCUT2D eigenvalue weighted by molar-refractivity contribution is -0.154. The predicted molar refractivity (Wildman–Crippen MR) is 114 cm³/mol. The van der Waals surface area contributed by atoms with Crippen molar-refractivity contribution in [1.29, 1.82) is 0 Å². The van der Waals surface area contributed by atoms with Gasteiger partial charge in [-0.1, -0.05) is 48.0 Å². The summed E-state index contributed by atoms with van der Waals surface area (Å²) in [7, 11) is 0. The fourth-order valence-electron chi connectivity index (χ4n) is 5.18. The van der Waals surface area contributed by atoms with Crippen LogP contribution in [0.2, 0.25) is 0 Å². The number of fused-ring (bicyclic) bond motifs is 2. The summed E-state index contributed by atoms with van der Waals surface area (Å²) in [6.07, 6.45) is 2.81.